The van der Waals surface area contributed by atoms with Crippen LogP contribution in [-0.4, -0.2) is 11.1 Å². The lowest BCUT2D eigenvalue weighted by Crippen LogP contribution is -2.30. The Hall–Kier alpha value is -2.59. The van der Waals surface area contributed by atoms with Crippen LogP contribution in [0.5, 0.6) is 0 Å². The first-order chi connectivity index (χ1) is 10.1. The molecule has 0 spiro atoms. The van der Waals surface area contributed by atoms with E-state index < -0.39 is 5.97 Å². The van der Waals surface area contributed by atoms with Crippen LogP contribution in [0.2, 0.25) is 0 Å². The van der Waals surface area contributed by atoms with Crippen LogP contribution >= 0.6 is 0 Å². The maximum Gasteiger partial charge on any atom is 0.307 e. The highest BCUT2D eigenvalue weighted by Gasteiger charge is 2.15. The van der Waals surface area contributed by atoms with Crippen molar-refractivity contribution in [2.45, 2.75) is 13.3 Å². The predicted octanol–water partition coefficient (Wildman–Crippen LogP) is 3.27. The summed E-state index contributed by atoms with van der Waals surface area (Å²) in [7, 11) is 0. The SMILES string of the molecule is C/C(CC(=O)O)=C(\c1ccccc1)N(N)c1ccccc1. The first kappa shape index (κ1) is 14.8. The van der Waals surface area contributed by atoms with Gasteiger partial charge in [-0.1, -0.05) is 48.5 Å². The van der Waals surface area contributed by atoms with Crippen molar-refractivity contribution in [3.05, 3.63) is 71.8 Å². The number of rotatable bonds is 5. The van der Waals surface area contributed by atoms with Crippen LogP contribution < -0.4 is 10.9 Å². The number of benzene rings is 2. The molecule has 0 saturated heterocycles. The number of carboxylic acid groups (broad SMARTS) is 1. The van der Waals surface area contributed by atoms with Gasteiger partial charge in [-0.3, -0.25) is 9.80 Å². The van der Waals surface area contributed by atoms with Crippen molar-refractivity contribution in [2.24, 2.45) is 5.84 Å². The Labute approximate surface area is 124 Å². The van der Waals surface area contributed by atoms with Crippen LogP contribution in [0.1, 0.15) is 18.9 Å². The van der Waals surface area contributed by atoms with Crippen molar-refractivity contribution in [3.63, 3.8) is 0 Å². The Morgan fingerprint density at radius 3 is 2.10 bits per heavy atom. The minimum Gasteiger partial charge on any atom is -0.481 e. The molecule has 0 aliphatic carbocycles. The maximum atomic E-state index is 11.0. The molecule has 0 bridgehead atoms. The second kappa shape index (κ2) is 6.72. The number of anilines is 1. The maximum absolute atomic E-state index is 11.0. The van der Waals surface area contributed by atoms with E-state index >= 15 is 0 Å². The number of aliphatic carboxylic acids is 1. The third-order valence-electron chi connectivity index (χ3n) is 3.14. The third-order valence-corrected chi connectivity index (χ3v) is 3.14. The van der Waals surface area contributed by atoms with Crippen LogP contribution in [0.4, 0.5) is 5.69 Å². The summed E-state index contributed by atoms with van der Waals surface area (Å²) >= 11 is 0. The Balaban J connectivity index is 2.49. The average molecular weight is 282 g/mol. The minimum atomic E-state index is -0.873. The Morgan fingerprint density at radius 2 is 1.57 bits per heavy atom. The van der Waals surface area contributed by atoms with Crippen molar-refractivity contribution >= 4 is 17.4 Å². The molecule has 0 unspecified atom stereocenters. The van der Waals surface area contributed by atoms with Crippen LogP contribution in [0, 0.1) is 0 Å². The summed E-state index contributed by atoms with van der Waals surface area (Å²) in [5.74, 6) is 5.36. The summed E-state index contributed by atoms with van der Waals surface area (Å²) in [4.78, 5) is 11.0. The first-order valence-electron chi connectivity index (χ1n) is 6.66. The van der Waals surface area contributed by atoms with Gasteiger partial charge in [0.15, 0.2) is 0 Å². The van der Waals surface area contributed by atoms with Gasteiger partial charge in [0, 0.05) is 0 Å². The largest absolute Gasteiger partial charge is 0.481 e. The molecule has 0 heterocycles. The molecule has 2 rings (SSSR count). The highest BCUT2D eigenvalue weighted by atomic mass is 16.4. The van der Waals surface area contributed by atoms with Gasteiger partial charge in [-0.2, -0.15) is 0 Å². The molecular formula is C17H18N2O2. The van der Waals surface area contributed by atoms with Crippen molar-refractivity contribution in [1.29, 1.82) is 0 Å². The lowest BCUT2D eigenvalue weighted by Gasteiger charge is -2.24. The minimum absolute atomic E-state index is 0.0508. The number of carbonyl (C=O) groups is 1. The molecule has 0 amide bonds. The van der Waals surface area contributed by atoms with Crippen molar-refractivity contribution < 1.29 is 9.90 Å². The van der Waals surface area contributed by atoms with Gasteiger partial charge in [0.1, 0.15) is 0 Å². The number of hydrogen-bond acceptors (Lipinski definition) is 3. The molecule has 3 N–H and O–H groups in total. The van der Waals surface area contributed by atoms with Gasteiger partial charge in [0.2, 0.25) is 0 Å². The van der Waals surface area contributed by atoms with Crippen molar-refractivity contribution in [3.8, 4) is 0 Å². The number of para-hydroxylation sites is 1. The molecule has 2 aromatic rings. The zero-order chi connectivity index (χ0) is 15.2. The number of carboxylic acids is 1. The van der Waals surface area contributed by atoms with E-state index in [1.807, 2.05) is 60.7 Å². The highest BCUT2D eigenvalue weighted by molar-refractivity contribution is 5.83. The molecule has 108 valence electrons. The van der Waals surface area contributed by atoms with Gasteiger partial charge in [-0.05, 0) is 30.2 Å². The van der Waals surface area contributed by atoms with E-state index in [2.05, 4.69) is 0 Å². The molecule has 0 aromatic heterocycles. The second-order valence-corrected chi connectivity index (χ2v) is 4.77. The summed E-state index contributed by atoms with van der Waals surface area (Å²) < 4.78 is 0. The predicted molar refractivity (Wildman–Crippen MR) is 84.4 cm³/mol. The average Bonchev–Trinajstić information content (AvgIpc) is 2.48. The van der Waals surface area contributed by atoms with E-state index in [0.717, 1.165) is 11.3 Å². The lowest BCUT2D eigenvalue weighted by molar-refractivity contribution is -0.136. The standard InChI is InChI=1S/C17H18N2O2/c1-13(12-16(20)21)17(14-8-4-2-5-9-14)19(18)15-10-6-3-7-11-15/h2-11H,12,18H2,1H3,(H,20,21)/b17-13-. The van der Waals surface area contributed by atoms with Gasteiger partial charge in [-0.15, -0.1) is 0 Å². The van der Waals surface area contributed by atoms with E-state index in [4.69, 9.17) is 10.9 Å². The fourth-order valence-corrected chi connectivity index (χ4v) is 2.22. The zero-order valence-corrected chi connectivity index (χ0v) is 11.9. The van der Waals surface area contributed by atoms with Crippen molar-refractivity contribution in [2.75, 3.05) is 5.01 Å². The summed E-state index contributed by atoms with van der Waals surface area (Å²) in [6, 6.07) is 19.0. The van der Waals surface area contributed by atoms with Crippen molar-refractivity contribution in [1.82, 2.24) is 0 Å². The van der Waals surface area contributed by atoms with Gasteiger partial charge >= 0.3 is 5.97 Å². The second-order valence-electron chi connectivity index (χ2n) is 4.77. The Kier molecular flexibility index (Phi) is 4.74. The summed E-state index contributed by atoms with van der Waals surface area (Å²) in [6.07, 6.45) is -0.0508. The monoisotopic (exact) mass is 282 g/mol. The molecule has 2 aromatic carbocycles. The molecule has 0 atom stereocenters. The Morgan fingerprint density at radius 1 is 1.05 bits per heavy atom. The number of hydrogen-bond donors (Lipinski definition) is 2. The topological polar surface area (TPSA) is 66.6 Å². The molecule has 0 saturated carbocycles. The normalized spacial score (nSPS) is 11.7. The van der Waals surface area contributed by atoms with Gasteiger partial charge in [-0.25, -0.2) is 5.84 Å². The molecule has 0 aliphatic rings. The molecule has 4 heteroatoms. The van der Waals surface area contributed by atoms with E-state index in [1.54, 1.807) is 6.92 Å². The van der Waals surface area contributed by atoms with Gasteiger partial charge in [0.25, 0.3) is 0 Å². The summed E-state index contributed by atoms with van der Waals surface area (Å²) in [6.45, 7) is 1.79. The zero-order valence-electron chi connectivity index (χ0n) is 11.9. The van der Waals surface area contributed by atoms with Crippen LogP contribution in [0.25, 0.3) is 5.70 Å². The number of hydrazine groups is 1. The molecule has 4 nitrogen and oxygen atoms in total. The third kappa shape index (κ3) is 3.70. The first-order valence-corrected chi connectivity index (χ1v) is 6.66. The van der Waals surface area contributed by atoms with Gasteiger partial charge < -0.3 is 5.11 Å². The quantitative estimate of drug-likeness (QED) is 0.652. The lowest BCUT2D eigenvalue weighted by atomic mass is 10.0. The molecular weight excluding hydrogens is 264 g/mol. The smallest absolute Gasteiger partial charge is 0.307 e. The van der Waals surface area contributed by atoms with E-state index in [0.29, 0.717) is 11.3 Å². The van der Waals surface area contributed by atoms with Crippen LogP contribution in [0.15, 0.2) is 66.2 Å². The molecule has 21 heavy (non-hydrogen) atoms. The Bertz CT molecular complexity index is 636. The summed E-state index contributed by atoms with van der Waals surface area (Å²) in [5.41, 5.74) is 3.12. The molecule has 0 radical (unpaired) electrons. The van der Waals surface area contributed by atoms with E-state index in [9.17, 15) is 4.79 Å². The van der Waals surface area contributed by atoms with E-state index in [-0.39, 0.29) is 6.42 Å². The molecule has 0 aliphatic heterocycles. The van der Waals surface area contributed by atoms with Crippen LogP contribution in [0.3, 0.4) is 0 Å². The molecule has 0 fully saturated rings. The summed E-state index contributed by atoms with van der Waals surface area (Å²) in [5, 5.41) is 10.6. The fourth-order valence-electron chi connectivity index (χ4n) is 2.22. The van der Waals surface area contributed by atoms with Crippen LogP contribution in [-0.2, 0) is 4.79 Å². The number of nitrogens with two attached hydrogens (primary N) is 1. The fraction of sp³-hybridized carbons (Fsp3) is 0.118. The highest BCUT2D eigenvalue weighted by Crippen LogP contribution is 2.27. The number of nitrogens with zero attached hydrogens (tertiary/aromatic N) is 1. The van der Waals surface area contributed by atoms with E-state index in [1.165, 1.54) is 5.01 Å². The van der Waals surface area contributed by atoms with Gasteiger partial charge in [0.05, 0.1) is 17.8 Å².